The van der Waals surface area contributed by atoms with Gasteiger partial charge >= 0.3 is 12.3 Å². The summed E-state index contributed by atoms with van der Waals surface area (Å²) in [5, 5.41) is 21.9. The van der Waals surface area contributed by atoms with Gasteiger partial charge in [-0.1, -0.05) is 13.8 Å². The van der Waals surface area contributed by atoms with Crippen LogP contribution in [0.1, 0.15) is 37.3 Å². The van der Waals surface area contributed by atoms with Gasteiger partial charge in [0.25, 0.3) is 11.4 Å². The second kappa shape index (κ2) is 6.88. The molecule has 0 bridgehead atoms. The molecule has 128 valence electrons. The predicted molar refractivity (Wildman–Crippen MR) is 73.1 cm³/mol. The smallest absolute Gasteiger partial charge is 0.258 e. The number of nitro benzene ring substituents is 2. The summed E-state index contributed by atoms with van der Waals surface area (Å²) in [6.45, 7) is 3.16. The molecule has 0 amide bonds. The van der Waals surface area contributed by atoms with Crippen molar-refractivity contribution in [1.82, 2.24) is 0 Å². The van der Waals surface area contributed by atoms with Gasteiger partial charge in [0, 0.05) is 18.1 Å². The molecule has 23 heavy (non-hydrogen) atoms. The Bertz CT molecular complexity index is 622. The van der Waals surface area contributed by atoms with Gasteiger partial charge in [-0.15, -0.1) is 0 Å². The van der Waals surface area contributed by atoms with Gasteiger partial charge in [-0.25, -0.2) is 8.78 Å². The van der Waals surface area contributed by atoms with Crippen LogP contribution in [-0.4, -0.2) is 22.2 Å². The van der Waals surface area contributed by atoms with E-state index in [0.29, 0.717) is 12.5 Å². The molecule has 0 aliphatic carbocycles. The minimum atomic E-state index is -4.47. The first kappa shape index (κ1) is 18.8. The molecule has 6 nitrogen and oxygen atoms in total. The summed E-state index contributed by atoms with van der Waals surface area (Å²) in [7, 11) is 0. The van der Waals surface area contributed by atoms with Gasteiger partial charge in [0.15, 0.2) is 0 Å². The van der Waals surface area contributed by atoms with E-state index in [1.807, 2.05) is 0 Å². The largest absolute Gasteiger partial charge is 0.311 e. The van der Waals surface area contributed by atoms with Crippen molar-refractivity contribution in [2.24, 2.45) is 0 Å². The zero-order valence-electron chi connectivity index (χ0n) is 12.3. The molecule has 0 N–H and O–H groups in total. The average Bonchev–Trinajstić information content (AvgIpc) is 2.45. The summed E-state index contributed by atoms with van der Waals surface area (Å²) in [6.07, 6.45) is -5.22. The summed E-state index contributed by atoms with van der Waals surface area (Å²) in [5.41, 5.74) is -2.28. The Hall–Kier alpha value is -2.26. The van der Waals surface area contributed by atoms with Gasteiger partial charge in [0.1, 0.15) is 0 Å². The van der Waals surface area contributed by atoms with Crippen molar-refractivity contribution in [3.63, 3.8) is 0 Å². The number of nitro groups is 2. The number of rotatable bonds is 7. The van der Waals surface area contributed by atoms with E-state index in [1.54, 1.807) is 6.92 Å². The topological polar surface area (TPSA) is 86.3 Å². The van der Waals surface area contributed by atoms with Gasteiger partial charge in [-0.2, -0.15) is 8.78 Å². The number of nitrogens with zero attached hydrogens (tertiary/aromatic N) is 2. The van der Waals surface area contributed by atoms with Crippen molar-refractivity contribution in [1.29, 1.82) is 0 Å². The fourth-order valence-corrected chi connectivity index (χ4v) is 2.10. The van der Waals surface area contributed by atoms with Crippen LogP contribution in [0.3, 0.4) is 0 Å². The van der Waals surface area contributed by atoms with Crippen LogP contribution in [0.15, 0.2) is 12.1 Å². The van der Waals surface area contributed by atoms with E-state index in [2.05, 4.69) is 0 Å². The third kappa shape index (κ3) is 4.14. The van der Waals surface area contributed by atoms with E-state index in [0.717, 1.165) is 6.07 Å². The summed E-state index contributed by atoms with van der Waals surface area (Å²) in [6, 6.07) is 1.45. The molecule has 1 unspecified atom stereocenters. The number of benzene rings is 1. The maximum absolute atomic E-state index is 13.4. The molecule has 0 saturated heterocycles. The normalized spacial score (nSPS) is 13.2. The Kier molecular flexibility index (Phi) is 5.62. The number of hydrogen-bond donors (Lipinski definition) is 0. The van der Waals surface area contributed by atoms with Crippen molar-refractivity contribution in [2.75, 3.05) is 0 Å². The second-order valence-corrected chi connectivity index (χ2v) is 5.09. The molecular formula is C13H14F4N2O4. The Balaban J connectivity index is 3.62. The van der Waals surface area contributed by atoms with E-state index in [9.17, 15) is 37.8 Å². The van der Waals surface area contributed by atoms with E-state index < -0.39 is 51.5 Å². The fourth-order valence-electron chi connectivity index (χ4n) is 2.10. The summed E-state index contributed by atoms with van der Waals surface area (Å²) in [4.78, 5) is 20.0. The highest BCUT2D eigenvalue weighted by Crippen LogP contribution is 2.38. The molecule has 0 spiro atoms. The van der Waals surface area contributed by atoms with Gasteiger partial charge in [0.2, 0.25) is 0 Å². The van der Waals surface area contributed by atoms with Gasteiger partial charge < -0.3 is 0 Å². The third-order valence-electron chi connectivity index (χ3n) is 3.53. The quantitative estimate of drug-likeness (QED) is 0.417. The Morgan fingerprint density at radius 3 is 2.13 bits per heavy atom. The zero-order chi connectivity index (χ0) is 17.9. The highest BCUT2D eigenvalue weighted by atomic mass is 19.3. The van der Waals surface area contributed by atoms with Crippen LogP contribution in [0, 0.1) is 20.2 Å². The Morgan fingerprint density at radius 1 is 1.17 bits per heavy atom. The van der Waals surface area contributed by atoms with E-state index in [-0.39, 0.29) is 5.56 Å². The predicted octanol–water partition coefficient (Wildman–Crippen LogP) is 4.46. The van der Waals surface area contributed by atoms with Crippen LogP contribution >= 0.6 is 0 Å². The van der Waals surface area contributed by atoms with Crippen LogP contribution in [0.5, 0.6) is 0 Å². The minimum Gasteiger partial charge on any atom is -0.258 e. The monoisotopic (exact) mass is 338 g/mol. The Labute approximate surface area is 128 Å². The van der Waals surface area contributed by atoms with Crippen molar-refractivity contribution in [3.05, 3.63) is 43.5 Å². The molecule has 0 aliphatic rings. The lowest BCUT2D eigenvalue weighted by atomic mass is 9.89. The summed E-state index contributed by atoms with van der Waals surface area (Å²) < 4.78 is 51.6. The van der Waals surface area contributed by atoms with Crippen LogP contribution < -0.4 is 0 Å². The van der Waals surface area contributed by atoms with Crippen molar-refractivity contribution < 1.29 is 27.4 Å². The van der Waals surface area contributed by atoms with Crippen molar-refractivity contribution in [3.8, 4) is 0 Å². The van der Waals surface area contributed by atoms with Crippen LogP contribution in [0.25, 0.3) is 0 Å². The van der Waals surface area contributed by atoms with Gasteiger partial charge in [-0.3, -0.25) is 20.2 Å². The molecule has 0 radical (unpaired) electrons. The lowest BCUT2D eigenvalue weighted by Gasteiger charge is -2.20. The van der Waals surface area contributed by atoms with Gasteiger partial charge in [0.05, 0.1) is 15.9 Å². The summed E-state index contributed by atoms with van der Waals surface area (Å²) >= 11 is 0. The SMILES string of the molecule is CCC(C)c1cc([N+](=O)[O-])cc([N+](=O)[O-])c1CC(F)(F)C(F)F. The lowest BCUT2D eigenvalue weighted by Crippen LogP contribution is -2.30. The molecule has 10 heteroatoms. The minimum absolute atomic E-state index is 0.0891. The molecule has 0 aliphatic heterocycles. The fraction of sp³-hybridized carbons (Fsp3) is 0.538. The molecule has 0 fully saturated rings. The number of halogens is 4. The first-order valence-electron chi connectivity index (χ1n) is 6.62. The zero-order valence-corrected chi connectivity index (χ0v) is 12.3. The number of hydrogen-bond acceptors (Lipinski definition) is 4. The molecular weight excluding hydrogens is 324 g/mol. The second-order valence-electron chi connectivity index (χ2n) is 5.09. The standard InChI is InChI=1S/C13H14F4N2O4/c1-3-7(2)9-4-8(18(20)21)5-11(19(22)23)10(9)6-13(16,17)12(14)15/h4-5,7,12H,3,6H2,1-2H3. The highest BCUT2D eigenvalue weighted by molar-refractivity contribution is 5.55. The molecule has 1 aromatic carbocycles. The lowest BCUT2D eigenvalue weighted by molar-refractivity contribution is -0.394. The van der Waals surface area contributed by atoms with Crippen LogP contribution in [0.4, 0.5) is 28.9 Å². The average molecular weight is 338 g/mol. The maximum Gasteiger partial charge on any atom is 0.311 e. The van der Waals surface area contributed by atoms with E-state index in [1.165, 1.54) is 6.92 Å². The molecule has 0 saturated carbocycles. The third-order valence-corrected chi connectivity index (χ3v) is 3.53. The maximum atomic E-state index is 13.4. The van der Waals surface area contributed by atoms with Crippen LogP contribution in [-0.2, 0) is 6.42 Å². The van der Waals surface area contributed by atoms with E-state index >= 15 is 0 Å². The number of alkyl halides is 4. The highest BCUT2D eigenvalue weighted by Gasteiger charge is 2.43. The van der Waals surface area contributed by atoms with Crippen molar-refractivity contribution in [2.45, 2.75) is 45.0 Å². The first-order chi connectivity index (χ1) is 10.5. The van der Waals surface area contributed by atoms with Crippen LogP contribution in [0.2, 0.25) is 0 Å². The Morgan fingerprint density at radius 2 is 1.74 bits per heavy atom. The molecule has 1 atom stereocenters. The van der Waals surface area contributed by atoms with E-state index in [4.69, 9.17) is 0 Å². The molecule has 1 rings (SSSR count). The molecule has 1 aromatic rings. The molecule has 0 heterocycles. The van der Waals surface area contributed by atoms with Gasteiger partial charge in [-0.05, 0) is 17.9 Å². The molecule has 0 aromatic heterocycles. The summed E-state index contributed by atoms with van der Waals surface area (Å²) in [5.74, 6) is -5.01. The first-order valence-corrected chi connectivity index (χ1v) is 6.62. The number of non-ortho nitro benzene ring substituents is 1. The van der Waals surface area contributed by atoms with Crippen molar-refractivity contribution >= 4 is 11.4 Å².